The van der Waals surface area contributed by atoms with E-state index in [0.717, 1.165) is 0 Å². The number of carbonyl (C=O) groups excluding carboxylic acids is 1. The van der Waals surface area contributed by atoms with E-state index in [9.17, 15) is 4.79 Å². The number of aliphatic hydroxyl groups is 1. The van der Waals surface area contributed by atoms with Crippen LogP contribution in [0, 0.1) is 0 Å². The maximum atomic E-state index is 10.4. The number of nitrogens with zero attached hydrogens (tertiary/aromatic N) is 1. The highest BCUT2D eigenvalue weighted by Gasteiger charge is 1.97. The van der Waals surface area contributed by atoms with Crippen molar-refractivity contribution in [2.24, 2.45) is 4.99 Å². The first-order chi connectivity index (χ1) is 4.16. The maximum absolute atomic E-state index is 10.4. The number of hydrogen-bond donors (Lipinski definition) is 2. The first-order valence-corrected chi connectivity index (χ1v) is 2.64. The second-order valence-electron chi connectivity index (χ2n) is 1.51. The van der Waals surface area contributed by atoms with Gasteiger partial charge >= 0.3 is 6.03 Å². The first-order valence-electron chi connectivity index (χ1n) is 2.64. The fourth-order valence-electron chi connectivity index (χ4n) is 0.333. The SMILES string of the molecule is CC=NC(=O)NC(C)O. The molecule has 0 bridgehead atoms. The normalized spacial score (nSPS) is 13.7. The van der Waals surface area contributed by atoms with E-state index in [1.165, 1.54) is 13.1 Å². The van der Waals surface area contributed by atoms with E-state index in [1.807, 2.05) is 0 Å². The van der Waals surface area contributed by atoms with E-state index in [4.69, 9.17) is 5.11 Å². The highest BCUT2D eigenvalue weighted by atomic mass is 16.3. The molecule has 1 atom stereocenters. The fourth-order valence-corrected chi connectivity index (χ4v) is 0.333. The number of aliphatic imine (C=N–C) groups is 1. The van der Waals surface area contributed by atoms with Gasteiger partial charge in [0.25, 0.3) is 0 Å². The zero-order valence-electron chi connectivity index (χ0n) is 5.46. The van der Waals surface area contributed by atoms with Gasteiger partial charge in [-0.25, -0.2) is 9.79 Å². The molecule has 0 radical (unpaired) electrons. The molecule has 4 heteroatoms. The van der Waals surface area contributed by atoms with E-state index in [-0.39, 0.29) is 0 Å². The van der Waals surface area contributed by atoms with Crippen LogP contribution in [0.3, 0.4) is 0 Å². The van der Waals surface area contributed by atoms with Crippen LogP contribution in [0.1, 0.15) is 13.8 Å². The van der Waals surface area contributed by atoms with Crippen molar-refractivity contribution in [1.29, 1.82) is 0 Å². The monoisotopic (exact) mass is 130 g/mol. The van der Waals surface area contributed by atoms with Crippen LogP contribution in [0.15, 0.2) is 4.99 Å². The molecule has 9 heavy (non-hydrogen) atoms. The Bertz CT molecular complexity index is 120. The summed E-state index contributed by atoms with van der Waals surface area (Å²) < 4.78 is 0. The molecule has 0 aromatic heterocycles. The van der Waals surface area contributed by atoms with E-state index < -0.39 is 12.3 Å². The van der Waals surface area contributed by atoms with Gasteiger partial charge in [0, 0.05) is 6.21 Å². The van der Waals surface area contributed by atoms with Crippen LogP contribution in [0.5, 0.6) is 0 Å². The van der Waals surface area contributed by atoms with Crippen LogP contribution in [0.25, 0.3) is 0 Å². The van der Waals surface area contributed by atoms with Gasteiger partial charge in [0.2, 0.25) is 0 Å². The summed E-state index contributed by atoms with van der Waals surface area (Å²) >= 11 is 0. The highest BCUT2D eigenvalue weighted by Crippen LogP contribution is 1.75. The van der Waals surface area contributed by atoms with Gasteiger partial charge < -0.3 is 10.4 Å². The predicted molar refractivity (Wildman–Crippen MR) is 34.4 cm³/mol. The van der Waals surface area contributed by atoms with Crippen LogP contribution < -0.4 is 5.32 Å². The quantitative estimate of drug-likeness (QED) is 0.391. The summed E-state index contributed by atoms with van der Waals surface area (Å²) in [6, 6.07) is -0.521. The Labute approximate surface area is 53.6 Å². The molecule has 52 valence electrons. The van der Waals surface area contributed by atoms with Crippen LogP contribution in [0.2, 0.25) is 0 Å². The Morgan fingerprint density at radius 3 is 2.78 bits per heavy atom. The molecule has 0 heterocycles. The molecule has 0 saturated carbocycles. The number of aliphatic hydroxyl groups excluding tert-OH is 1. The van der Waals surface area contributed by atoms with E-state index in [1.54, 1.807) is 6.92 Å². The fraction of sp³-hybridized carbons (Fsp3) is 0.600. The molecule has 4 nitrogen and oxygen atoms in total. The lowest BCUT2D eigenvalue weighted by molar-refractivity contribution is 0.161. The van der Waals surface area contributed by atoms with Gasteiger partial charge in [-0.1, -0.05) is 0 Å². The lowest BCUT2D eigenvalue weighted by Crippen LogP contribution is -2.29. The third-order valence-corrected chi connectivity index (χ3v) is 0.579. The van der Waals surface area contributed by atoms with Gasteiger partial charge in [-0.2, -0.15) is 0 Å². The summed E-state index contributed by atoms with van der Waals surface area (Å²) in [5, 5.41) is 10.7. The summed E-state index contributed by atoms with van der Waals surface area (Å²) in [7, 11) is 0. The van der Waals surface area contributed by atoms with Crippen LogP contribution in [0.4, 0.5) is 4.79 Å². The third-order valence-electron chi connectivity index (χ3n) is 0.579. The number of amides is 2. The Hall–Kier alpha value is -0.900. The minimum Gasteiger partial charge on any atom is -0.374 e. The topological polar surface area (TPSA) is 61.7 Å². The Balaban J connectivity index is 3.51. The van der Waals surface area contributed by atoms with Crippen molar-refractivity contribution in [1.82, 2.24) is 5.32 Å². The molecule has 0 spiro atoms. The molecule has 0 fully saturated rings. The average Bonchev–Trinajstić information content (AvgIpc) is 1.63. The lowest BCUT2D eigenvalue weighted by atomic mass is 10.6. The number of nitrogens with one attached hydrogen (secondary N) is 1. The summed E-state index contributed by atoms with van der Waals surface area (Å²) in [5.74, 6) is 0. The Kier molecular flexibility index (Phi) is 3.62. The maximum Gasteiger partial charge on any atom is 0.342 e. The number of urea groups is 1. The number of rotatable bonds is 1. The van der Waals surface area contributed by atoms with Crippen molar-refractivity contribution in [3.05, 3.63) is 0 Å². The van der Waals surface area contributed by atoms with Crippen molar-refractivity contribution in [3.8, 4) is 0 Å². The van der Waals surface area contributed by atoms with Gasteiger partial charge in [0.05, 0.1) is 0 Å². The van der Waals surface area contributed by atoms with Crippen LogP contribution in [-0.2, 0) is 0 Å². The summed E-state index contributed by atoms with van der Waals surface area (Å²) in [6.45, 7) is 3.07. The van der Waals surface area contributed by atoms with Gasteiger partial charge in [-0.3, -0.25) is 0 Å². The van der Waals surface area contributed by atoms with Crippen molar-refractivity contribution in [2.45, 2.75) is 20.1 Å². The summed E-state index contributed by atoms with van der Waals surface area (Å²) in [5.41, 5.74) is 0. The molecule has 0 aliphatic carbocycles. The summed E-state index contributed by atoms with van der Waals surface area (Å²) in [6.07, 6.45) is 0.527. The average molecular weight is 130 g/mol. The molecule has 1 unspecified atom stereocenters. The molecule has 2 N–H and O–H groups in total. The molecular formula is C5H10N2O2. The molecule has 2 amide bonds. The highest BCUT2D eigenvalue weighted by molar-refractivity contribution is 5.82. The minimum absolute atomic E-state index is 0.521. The number of carbonyl (C=O) groups is 1. The van der Waals surface area contributed by atoms with Gasteiger partial charge in [-0.15, -0.1) is 0 Å². The first kappa shape index (κ1) is 8.10. The molecule has 0 rings (SSSR count). The van der Waals surface area contributed by atoms with E-state index >= 15 is 0 Å². The molecule has 0 aliphatic heterocycles. The van der Waals surface area contributed by atoms with Crippen molar-refractivity contribution in [2.75, 3.05) is 0 Å². The second-order valence-corrected chi connectivity index (χ2v) is 1.51. The van der Waals surface area contributed by atoms with Gasteiger partial charge in [0.1, 0.15) is 6.23 Å². The zero-order chi connectivity index (χ0) is 7.28. The van der Waals surface area contributed by atoms with E-state index in [2.05, 4.69) is 10.3 Å². The van der Waals surface area contributed by atoms with Gasteiger partial charge in [-0.05, 0) is 13.8 Å². The largest absolute Gasteiger partial charge is 0.374 e. The smallest absolute Gasteiger partial charge is 0.342 e. The van der Waals surface area contributed by atoms with Crippen molar-refractivity contribution in [3.63, 3.8) is 0 Å². The van der Waals surface area contributed by atoms with Gasteiger partial charge in [0.15, 0.2) is 0 Å². The molecule has 0 aromatic carbocycles. The molecule has 0 aliphatic rings. The molecule has 0 saturated heterocycles. The zero-order valence-corrected chi connectivity index (χ0v) is 5.46. The van der Waals surface area contributed by atoms with E-state index in [0.29, 0.717) is 0 Å². The lowest BCUT2D eigenvalue weighted by Gasteiger charge is -2.01. The predicted octanol–water partition coefficient (Wildman–Crippen LogP) is 0.125. The van der Waals surface area contributed by atoms with Crippen molar-refractivity contribution < 1.29 is 9.90 Å². The van der Waals surface area contributed by atoms with Crippen LogP contribution in [-0.4, -0.2) is 23.6 Å². The molecular weight excluding hydrogens is 120 g/mol. The molecule has 0 aromatic rings. The standard InChI is InChI=1S/C5H10N2O2/c1-3-6-5(9)7-4(2)8/h3-4,8H,1-2H3,(H,7,9). The second kappa shape index (κ2) is 4.03. The minimum atomic E-state index is -0.832. The number of hydrogen-bond acceptors (Lipinski definition) is 2. The third kappa shape index (κ3) is 4.96. The Morgan fingerprint density at radius 2 is 2.44 bits per heavy atom. The van der Waals surface area contributed by atoms with Crippen LogP contribution >= 0.6 is 0 Å². The Morgan fingerprint density at radius 1 is 1.89 bits per heavy atom. The summed E-state index contributed by atoms with van der Waals surface area (Å²) in [4.78, 5) is 13.7. The van der Waals surface area contributed by atoms with Crippen molar-refractivity contribution >= 4 is 12.2 Å².